The summed E-state index contributed by atoms with van der Waals surface area (Å²) in [7, 11) is 1.49. The number of pyridine rings is 1. The first-order valence-corrected chi connectivity index (χ1v) is 11.9. The molecule has 1 saturated heterocycles. The highest BCUT2D eigenvalue weighted by Gasteiger charge is 2.48. The van der Waals surface area contributed by atoms with E-state index in [1.165, 1.54) is 42.5 Å². The summed E-state index contributed by atoms with van der Waals surface area (Å²) in [5, 5.41) is 0.412. The Morgan fingerprint density at radius 2 is 1.97 bits per heavy atom. The van der Waals surface area contributed by atoms with E-state index in [1.807, 2.05) is 0 Å². The number of allylic oxidation sites excluding steroid dienone is 1. The molecule has 2 aromatic rings. The van der Waals surface area contributed by atoms with Crippen molar-refractivity contribution in [1.29, 1.82) is 0 Å². The summed E-state index contributed by atoms with van der Waals surface area (Å²) in [5.41, 5.74) is 1.42. The zero-order valence-corrected chi connectivity index (χ0v) is 20.8. The van der Waals surface area contributed by atoms with Crippen LogP contribution in [0.25, 0.3) is 5.57 Å². The molecule has 2 aliphatic rings. The highest BCUT2D eigenvalue weighted by Crippen LogP contribution is 2.40. The summed E-state index contributed by atoms with van der Waals surface area (Å²) in [4.78, 5) is 48.2. The molecular formula is C25H22ClF3N4O5. The number of aromatic nitrogens is 1. The maximum atomic E-state index is 13.7. The molecule has 0 spiro atoms. The van der Waals surface area contributed by atoms with Crippen LogP contribution in [0.5, 0.6) is 5.75 Å². The summed E-state index contributed by atoms with van der Waals surface area (Å²) in [6.45, 7) is 0.297. The van der Waals surface area contributed by atoms with Gasteiger partial charge in [-0.25, -0.2) is 9.79 Å². The van der Waals surface area contributed by atoms with Crippen LogP contribution >= 0.6 is 11.6 Å². The van der Waals surface area contributed by atoms with Crippen LogP contribution in [0.3, 0.4) is 0 Å². The van der Waals surface area contributed by atoms with Gasteiger partial charge in [-0.1, -0.05) is 23.7 Å². The van der Waals surface area contributed by atoms with Crippen molar-refractivity contribution < 1.29 is 37.0 Å². The third kappa shape index (κ3) is 5.96. The minimum atomic E-state index is -4.88. The Balaban J connectivity index is 1.74. The van der Waals surface area contributed by atoms with Gasteiger partial charge in [0, 0.05) is 37.6 Å². The zero-order chi connectivity index (χ0) is 27.4. The third-order valence-electron chi connectivity index (χ3n) is 6.14. The summed E-state index contributed by atoms with van der Waals surface area (Å²) >= 11 is 5.97. The van der Waals surface area contributed by atoms with E-state index < -0.39 is 35.9 Å². The van der Waals surface area contributed by atoms with Crippen LogP contribution in [0.4, 0.5) is 18.0 Å². The van der Waals surface area contributed by atoms with Crippen molar-refractivity contribution in [2.24, 2.45) is 16.8 Å². The molecule has 0 saturated carbocycles. The van der Waals surface area contributed by atoms with Crippen molar-refractivity contribution in [2.45, 2.75) is 19.2 Å². The van der Waals surface area contributed by atoms with Crippen LogP contribution in [0, 0.1) is 11.8 Å². The number of rotatable bonds is 9. The van der Waals surface area contributed by atoms with E-state index in [0.717, 1.165) is 4.90 Å². The second-order valence-corrected chi connectivity index (χ2v) is 8.99. The van der Waals surface area contributed by atoms with Crippen molar-refractivity contribution >= 4 is 41.4 Å². The first kappa shape index (κ1) is 27.1. The fourth-order valence-electron chi connectivity index (χ4n) is 4.49. The average molecular weight is 551 g/mol. The molecule has 3 heterocycles. The Hall–Kier alpha value is -3.93. The van der Waals surface area contributed by atoms with Crippen LogP contribution in [0.2, 0.25) is 5.02 Å². The minimum Gasteiger partial charge on any atom is -0.468 e. The normalized spacial score (nSPS) is 19.5. The van der Waals surface area contributed by atoms with Gasteiger partial charge >= 0.3 is 12.4 Å². The first-order chi connectivity index (χ1) is 18.1. The van der Waals surface area contributed by atoms with Crippen LogP contribution < -0.4 is 4.74 Å². The largest absolute Gasteiger partial charge is 0.573 e. The van der Waals surface area contributed by atoms with Gasteiger partial charge in [-0.3, -0.25) is 24.4 Å². The molecule has 1 fully saturated rings. The number of ether oxygens (including phenoxy) is 2. The Kier molecular flexibility index (Phi) is 8.00. The first-order valence-electron chi connectivity index (χ1n) is 11.5. The van der Waals surface area contributed by atoms with Crippen molar-refractivity contribution in [1.82, 2.24) is 14.8 Å². The summed E-state index contributed by atoms with van der Waals surface area (Å²) in [5.74, 6) is -2.31. The molecule has 0 radical (unpaired) electrons. The number of nitrogens with zero attached hydrogens (tertiary/aromatic N) is 4. The van der Waals surface area contributed by atoms with E-state index in [-0.39, 0.29) is 38.3 Å². The molecule has 3 amide bonds. The van der Waals surface area contributed by atoms with Gasteiger partial charge in [0.25, 0.3) is 6.47 Å². The second-order valence-electron chi connectivity index (χ2n) is 8.56. The van der Waals surface area contributed by atoms with Gasteiger partial charge in [0.15, 0.2) is 0 Å². The lowest BCUT2D eigenvalue weighted by molar-refractivity contribution is -0.274. The number of carbonyl (C=O) groups excluding carboxylic acids is 3. The number of benzene rings is 1. The van der Waals surface area contributed by atoms with Crippen LogP contribution in [-0.4, -0.2) is 65.6 Å². The smallest absolute Gasteiger partial charge is 0.468 e. The number of halogens is 4. The maximum absolute atomic E-state index is 13.7. The lowest BCUT2D eigenvalue weighted by Crippen LogP contribution is -2.61. The van der Waals surface area contributed by atoms with E-state index >= 15 is 0 Å². The molecule has 2 atom stereocenters. The zero-order valence-electron chi connectivity index (χ0n) is 20.0. The fourth-order valence-corrected chi connectivity index (χ4v) is 4.60. The van der Waals surface area contributed by atoms with Crippen molar-refractivity contribution in [2.75, 3.05) is 20.2 Å². The van der Waals surface area contributed by atoms with Gasteiger partial charge in [-0.2, -0.15) is 0 Å². The Bertz CT molecular complexity index is 1280. The fraction of sp³-hybridized carbons (Fsp3) is 0.320. The molecule has 9 nitrogen and oxygen atoms in total. The van der Waals surface area contributed by atoms with Gasteiger partial charge in [0.1, 0.15) is 17.5 Å². The quantitative estimate of drug-likeness (QED) is 0.340. The summed E-state index contributed by atoms with van der Waals surface area (Å²) in [6.07, 6.45) is -1.55. The topological polar surface area (TPSA) is 101 Å². The number of alkyl halides is 3. The lowest BCUT2D eigenvalue weighted by atomic mass is 9.76. The van der Waals surface area contributed by atoms with E-state index in [2.05, 4.69) is 19.5 Å². The van der Waals surface area contributed by atoms with Gasteiger partial charge in [0.05, 0.1) is 11.6 Å². The predicted octanol–water partition coefficient (Wildman–Crippen LogP) is 4.32. The molecule has 1 aromatic heterocycles. The van der Waals surface area contributed by atoms with Crippen molar-refractivity contribution in [3.05, 3.63) is 65.1 Å². The van der Waals surface area contributed by atoms with Gasteiger partial charge in [-0.15, -0.1) is 13.2 Å². The number of urea groups is 1. The number of amidine groups is 1. The van der Waals surface area contributed by atoms with Crippen molar-refractivity contribution in [3.8, 4) is 5.75 Å². The van der Waals surface area contributed by atoms with E-state index in [4.69, 9.17) is 11.6 Å². The molecule has 13 heteroatoms. The maximum Gasteiger partial charge on any atom is 0.573 e. The standard InChI is InChI=1S/C25H22ClF3N4O5/c1-32-22-21(23(35)33(24(32)36)8-3-9-37-14-34)19(11-17-7-6-16(26)12-30-17)20(13-31-22)15-4-2-5-18(10-15)38-25(27,28)29/h2,4-7,10,12-14,19,21H,3,8-9,11H2,1H3. The summed E-state index contributed by atoms with van der Waals surface area (Å²) < 4.78 is 47.3. The SMILES string of the molecule is CN1C(=O)N(CCCOC=O)C(=O)C2C1=NC=C(c1cccc(OC(F)(F)F)c1)C2Cc1ccc(Cl)cn1. The average Bonchev–Trinajstić information content (AvgIpc) is 2.87. The number of amides is 3. The minimum absolute atomic E-state index is 0.000499. The number of hydrogen-bond acceptors (Lipinski definition) is 7. The number of imide groups is 1. The highest BCUT2D eigenvalue weighted by molar-refractivity contribution is 6.30. The molecule has 200 valence electrons. The number of fused-ring (bicyclic) bond motifs is 1. The van der Waals surface area contributed by atoms with E-state index in [0.29, 0.717) is 21.9 Å². The third-order valence-corrected chi connectivity index (χ3v) is 6.36. The Morgan fingerprint density at radius 3 is 2.66 bits per heavy atom. The van der Waals surface area contributed by atoms with Crippen molar-refractivity contribution in [3.63, 3.8) is 0 Å². The number of aliphatic imine (C=N–C) groups is 1. The molecule has 38 heavy (non-hydrogen) atoms. The van der Waals surface area contributed by atoms with E-state index in [1.54, 1.807) is 18.2 Å². The van der Waals surface area contributed by atoms with Crippen LogP contribution in [0.1, 0.15) is 17.7 Å². The molecule has 2 aliphatic heterocycles. The molecule has 0 N–H and O–H groups in total. The number of hydrogen-bond donors (Lipinski definition) is 0. The molecular weight excluding hydrogens is 529 g/mol. The van der Waals surface area contributed by atoms with E-state index in [9.17, 15) is 27.6 Å². The van der Waals surface area contributed by atoms with Crippen LogP contribution in [0.15, 0.2) is 53.8 Å². The van der Waals surface area contributed by atoms with Gasteiger partial charge < -0.3 is 9.47 Å². The molecule has 4 rings (SSSR count). The predicted molar refractivity (Wildman–Crippen MR) is 130 cm³/mol. The van der Waals surface area contributed by atoms with Gasteiger partial charge in [0.2, 0.25) is 5.91 Å². The monoisotopic (exact) mass is 550 g/mol. The van der Waals surface area contributed by atoms with Gasteiger partial charge in [-0.05, 0) is 48.2 Å². The second kappa shape index (κ2) is 11.2. The Labute approximate surface area is 220 Å². The number of carbonyl (C=O) groups is 3. The lowest BCUT2D eigenvalue weighted by Gasteiger charge is -2.42. The molecule has 1 aromatic carbocycles. The van der Waals surface area contributed by atoms with Crippen LogP contribution in [-0.2, 0) is 20.7 Å². The summed E-state index contributed by atoms with van der Waals surface area (Å²) in [6, 6.07) is 8.13. The highest BCUT2D eigenvalue weighted by atomic mass is 35.5. The molecule has 0 bridgehead atoms. The molecule has 0 aliphatic carbocycles. The molecule has 2 unspecified atom stereocenters. The Morgan fingerprint density at radius 1 is 1.18 bits per heavy atom.